The molecule has 7 heteroatoms. The van der Waals surface area contributed by atoms with Crippen LogP contribution in [0.4, 0.5) is 0 Å². The Labute approximate surface area is 161 Å². The molecule has 2 rings (SSSR count). The van der Waals surface area contributed by atoms with Crippen molar-refractivity contribution in [3.63, 3.8) is 0 Å². The van der Waals surface area contributed by atoms with Crippen molar-refractivity contribution in [1.82, 2.24) is 25.5 Å². The zero-order valence-electron chi connectivity index (χ0n) is 16.8. The Morgan fingerprint density at radius 3 is 2.48 bits per heavy atom. The summed E-state index contributed by atoms with van der Waals surface area (Å²) >= 11 is 0. The Bertz CT molecular complexity index is 760. The maximum absolute atomic E-state index is 11.9. The van der Waals surface area contributed by atoms with E-state index in [4.69, 9.17) is 0 Å². The number of carbonyl (C=O) groups is 1. The SMILES string of the molecule is CN=C(NCCNC(=O)C(C)(C)C)N(C)Cc1ncc(-c2ccccc2)[nH]1. The van der Waals surface area contributed by atoms with Crippen LogP contribution in [0.25, 0.3) is 11.3 Å². The van der Waals surface area contributed by atoms with E-state index in [1.165, 1.54) is 0 Å². The van der Waals surface area contributed by atoms with Gasteiger partial charge in [0.05, 0.1) is 18.4 Å². The number of hydrogen-bond acceptors (Lipinski definition) is 3. The Hall–Kier alpha value is -2.83. The van der Waals surface area contributed by atoms with Gasteiger partial charge in [0.1, 0.15) is 5.82 Å². The lowest BCUT2D eigenvalue weighted by Gasteiger charge is -2.22. The molecule has 0 spiro atoms. The molecule has 3 N–H and O–H groups in total. The minimum absolute atomic E-state index is 0.0386. The van der Waals surface area contributed by atoms with Gasteiger partial charge in [-0.15, -0.1) is 0 Å². The van der Waals surface area contributed by atoms with Crippen LogP contribution < -0.4 is 10.6 Å². The number of aromatic amines is 1. The van der Waals surface area contributed by atoms with Gasteiger partial charge in [0, 0.05) is 32.6 Å². The average molecular weight is 371 g/mol. The molecule has 7 nitrogen and oxygen atoms in total. The summed E-state index contributed by atoms with van der Waals surface area (Å²) in [5.74, 6) is 1.65. The Morgan fingerprint density at radius 2 is 1.85 bits per heavy atom. The number of rotatable bonds is 6. The first-order valence-electron chi connectivity index (χ1n) is 9.10. The van der Waals surface area contributed by atoms with Gasteiger partial charge in [-0.25, -0.2) is 4.98 Å². The third kappa shape index (κ3) is 6.13. The van der Waals surface area contributed by atoms with Crippen molar-refractivity contribution in [2.75, 3.05) is 27.2 Å². The van der Waals surface area contributed by atoms with Crippen LogP contribution in [0.1, 0.15) is 26.6 Å². The lowest BCUT2D eigenvalue weighted by Crippen LogP contribution is -2.44. The summed E-state index contributed by atoms with van der Waals surface area (Å²) in [6, 6.07) is 10.1. The van der Waals surface area contributed by atoms with Crippen molar-refractivity contribution >= 4 is 11.9 Å². The van der Waals surface area contributed by atoms with Gasteiger partial charge in [0.15, 0.2) is 5.96 Å². The van der Waals surface area contributed by atoms with Crippen LogP contribution in [0, 0.1) is 5.41 Å². The van der Waals surface area contributed by atoms with E-state index in [0.717, 1.165) is 23.0 Å². The predicted molar refractivity (Wildman–Crippen MR) is 109 cm³/mol. The number of aromatic nitrogens is 2. The number of guanidine groups is 1. The highest BCUT2D eigenvalue weighted by Crippen LogP contribution is 2.16. The second kappa shape index (κ2) is 9.21. The highest BCUT2D eigenvalue weighted by atomic mass is 16.2. The van der Waals surface area contributed by atoms with Crippen LogP contribution in [0.15, 0.2) is 41.5 Å². The quantitative estimate of drug-likeness (QED) is 0.414. The summed E-state index contributed by atoms with van der Waals surface area (Å²) < 4.78 is 0. The largest absolute Gasteiger partial charge is 0.354 e. The Balaban J connectivity index is 1.84. The predicted octanol–water partition coefficient (Wildman–Crippen LogP) is 2.25. The minimum atomic E-state index is -0.381. The van der Waals surface area contributed by atoms with Gasteiger partial charge in [-0.3, -0.25) is 9.79 Å². The summed E-state index contributed by atoms with van der Waals surface area (Å²) in [6.45, 7) is 7.44. The van der Waals surface area contributed by atoms with E-state index in [9.17, 15) is 4.79 Å². The number of imidazole rings is 1. The molecular formula is C20H30N6O. The molecule has 146 valence electrons. The smallest absolute Gasteiger partial charge is 0.225 e. The molecule has 1 heterocycles. The average Bonchev–Trinajstić information content (AvgIpc) is 3.10. The van der Waals surface area contributed by atoms with Crippen molar-refractivity contribution in [2.24, 2.45) is 10.4 Å². The molecule has 0 saturated heterocycles. The molecule has 1 aromatic heterocycles. The molecule has 0 unspecified atom stereocenters. The van der Waals surface area contributed by atoms with E-state index in [2.05, 4.69) is 25.6 Å². The lowest BCUT2D eigenvalue weighted by atomic mass is 9.96. The highest BCUT2D eigenvalue weighted by Gasteiger charge is 2.20. The van der Waals surface area contributed by atoms with Crippen LogP contribution in [0.3, 0.4) is 0 Å². The second-order valence-corrected chi connectivity index (χ2v) is 7.45. The first-order valence-corrected chi connectivity index (χ1v) is 9.10. The zero-order chi connectivity index (χ0) is 19.9. The van der Waals surface area contributed by atoms with Gasteiger partial charge in [-0.2, -0.15) is 0 Å². The molecule has 0 aliphatic rings. The number of benzene rings is 1. The van der Waals surface area contributed by atoms with Crippen LogP contribution in [-0.2, 0) is 11.3 Å². The van der Waals surface area contributed by atoms with E-state index in [-0.39, 0.29) is 11.3 Å². The van der Waals surface area contributed by atoms with Gasteiger partial charge in [-0.1, -0.05) is 51.1 Å². The molecule has 0 bridgehead atoms. The van der Waals surface area contributed by atoms with Crippen LogP contribution >= 0.6 is 0 Å². The molecule has 0 saturated carbocycles. The normalized spacial score (nSPS) is 12.0. The fourth-order valence-electron chi connectivity index (χ4n) is 2.51. The van der Waals surface area contributed by atoms with Crippen molar-refractivity contribution in [3.05, 3.63) is 42.4 Å². The fraction of sp³-hybridized carbons (Fsp3) is 0.450. The number of H-pyrrole nitrogens is 1. The maximum atomic E-state index is 11.9. The van der Waals surface area contributed by atoms with Crippen molar-refractivity contribution < 1.29 is 4.79 Å². The van der Waals surface area contributed by atoms with Gasteiger partial charge >= 0.3 is 0 Å². The Morgan fingerprint density at radius 1 is 1.19 bits per heavy atom. The summed E-state index contributed by atoms with van der Waals surface area (Å²) in [5, 5.41) is 6.17. The van der Waals surface area contributed by atoms with Crippen LogP contribution in [0.2, 0.25) is 0 Å². The van der Waals surface area contributed by atoms with Crippen LogP contribution in [-0.4, -0.2) is 53.9 Å². The standard InChI is InChI=1S/C20H30N6O/c1-20(2,3)18(27)22-11-12-23-19(21-4)26(5)14-17-24-13-16(25-17)15-9-7-6-8-10-15/h6-10,13H,11-12,14H2,1-5H3,(H,21,23)(H,22,27)(H,24,25). The highest BCUT2D eigenvalue weighted by molar-refractivity contribution is 5.81. The lowest BCUT2D eigenvalue weighted by molar-refractivity contribution is -0.128. The van der Waals surface area contributed by atoms with Crippen LogP contribution in [0.5, 0.6) is 0 Å². The summed E-state index contributed by atoms with van der Waals surface area (Å²) in [5.41, 5.74) is 1.72. The number of aliphatic imine (C=N–C) groups is 1. The summed E-state index contributed by atoms with van der Waals surface area (Å²) in [4.78, 5) is 26.0. The molecule has 0 aliphatic carbocycles. The molecule has 27 heavy (non-hydrogen) atoms. The van der Waals surface area contributed by atoms with E-state index in [1.807, 2.05) is 69.2 Å². The van der Waals surface area contributed by atoms with Gasteiger partial charge in [0.2, 0.25) is 5.91 Å². The van der Waals surface area contributed by atoms with Crippen molar-refractivity contribution in [1.29, 1.82) is 0 Å². The first-order chi connectivity index (χ1) is 12.8. The number of carbonyl (C=O) groups excluding carboxylic acids is 1. The number of nitrogens with zero attached hydrogens (tertiary/aromatic N) is 3. The molecule has 0 aliphatic heterocycles. The minimum Gasteiger partial charge on any atom is -0.354 e. The third-order valence-corrected chi connectivity index (χ3v) is 4.05. The fourth-order valence-corrected chi connectivity index (χ4v) is 2.51. The van der Waals surface area contributed by atoms with E-state index >= 15 is 0 Å². The topological polar surface area (TPSA) is 85.4 Å². The van der Waals surface area contributed by atoms with Crippen molar-refractivity contribution in [2.45, 2.75) is 27.3 Å². The van der Waals surface area contributed by atoms with E-state index in [0.29, 0.717) is 19.6 Å². The molecule has 1 amide bonds. The van der Waals surface area contributed by atoms with Gasteiger partial charge in [0.25, 0.3) is 0 Å². The number of amides is 1. The molecule has 1 aromatic carbocycles. The molecular weight excluding hydrogens is 340 g/mol. The number of hydrogen-bond donors (Lipinski definition) is 3. The Kier molecular flexibility index (Phi) is 6.98. The van der Waals surface area contributed by atoms with Crippen molar-refractivity contribution in [3.8, 4) is 11.3 Å². The first kappa shape index (κ1) is 20.5. The maximum Gasteiger partial charge on any atom is 0.225 e. The number of nitrogens with one attached hydrogen (secondary N) is 3. The van der Waals surface area contributed by atoms with Gasteiger partial charge < -0.3 is 20.5 Å². The van der Waals surface area contributed by atoms with E-state index < -0.39 is 0 Å². The third-order valence-electron chi connectivity index (χ3n) is 4.05. The zero-order valence-corrected chi connectivity index (χ0v) is 16.8. The summed E-state index contributed by atoms with van der Waals surface area (Å²) in [7, 11) is 3.69. The molecule has 2 aromatic rings. The molecule has 0 radical (unpaired) electrons. The van der Waals surface area contributed by atoms with E-state index in [1.54, 1.807) is 7.05 Å². The molecule has 0 fully saturated rings. The summed E-state index contributed by atoms with van der Waals surface area (Å²) in [6.07, 6.45) is 1.84. The second-order valence-electron chi connectivity index (χ2n) is 7.45. The van der Waals surface area contributed by atoms with Gasteiger partial charge in [-0.05, 0) is 5.56 Å². The monoisotopic (exact) mass is 370 g/mol. The molecule has 0 atom stereocenters.